The number of hydrogen-bond acceptors (Lipinski definition) is 4. The fraction of sp³-hybridized carbons (Fsp3) is 0.125. The summed E-state index contributed by atoms with van der Waals surface area (Å²) in [6.45, 7) is 6.45. The van der Waals surface area contributed by atoms with Crippen LogP contribution in [-0.2, 0) is 9.59 Å². The smallest absolute Gasteiger partial charge is 0.335 e. The predicted molar refractivity (Wildman–Crippen MR) is 80.8 cm³/mol. The van der Waals surface area contributed by atoms with Gasteiger partial charge in [0, 0.05) is 28.8 Å². The monoisotopic (exact) mass is 304 g/mol. The van der Waals surface area contributed by atoms with Crippen molar-refractivity contribution >= 4 is 34.3 Å². The van der Waals surface area contributed by atoms with Crippen LogP contribution in [0.5, 0.6) is 11.5 Å². The Labute approximate surface area is 126 Å². The van der Waals surface area contributed by atoms with Gasteiger partial charge in [-0.05, 0) is 36.8 Å². The lowest BCUT2D eigenvalue weighted by molar-refractivity contribution is -0.132. The first kappa shape index (κ1) is 15.1. The molecule has 0 aliphatic rings. The van der Waals surface area contributed by atoms with E-state index in [0.717, 1.165) is 6.08 Å². The third kappa shape index (κ3) is 3.23. The van der Waals surface area contributed by atoms with Crippen molar-refractivity contribution in [2.45, 2.75) is 13.8 Å². The Morgan fingerprint density at radius 1 is 1.19 bits per heavy atom. The normalized spacial score (nSPS) is 10.2. The molecule has 2 aromatic carbocycles. The molecule has 0 unspecified atom stereocenters. The molecule has 2 aromatic rings. The van der Waals surface area contributed by atoms with Crippen molar-refractivity contribution in [3.05, 3.63) is 47.5 Å². The molecule has 0 N–H and O–H groups in total. The molecule has 108 valence electrons. The van der Waals surface area contributed by atoms with Gasteiger partial charge >= 0.3 is 11.9 Å². The fourth-order valence-corrected chi connectivity index (χ4v) is 2.16. The van der Waals surface area contributed by atoms with Gasteiger partial charge in [0.2, 0.25) is 0 Å². The highest BCUT2D eigenvalue weighted by Gasteiger charge is 2.15. The molecule has 0 atom stereocenters. The number of esters is 2. The number of benzene rings is 2. The van der Waals surface area contributed by atoms with E-state index in [-0.39, 0.29) is 0 Å². The lowest BCUT2D eigenvalue weighted by Gasteiger charge is -2.13. The Kier molecular flexibility index (Phi) is 4.29. The van der Waals surface area contributed by atoms with Crippen molar-refractivity contribution in [3.8, 4) is 11.5 Å². The van der Waals surface area contributed by atoms with Crippen LogP contribution < -0.4 is 9.47 Å². The number of fused-ring (bicyclic) bond motifs is 1. The van der Waals surface area contributed by atoms with Crippen molar-refractivity contribution in [1.29, 1.82) is 0 Å². The number of hydrogen-bond donors (Lipinski definition) is 0. The number of carbonyl (C=O) groups is 2. The van der Waals surface area contributed by atoms with E-state index in [0.29, 0.717) is 32.9 Å². The standard InChI is InChI=1S/C16H13ClO4/c1-4-15(19)21-16-9(2)7-14(20-10(3)18)13-8-11(17)5-6-12(13)16/h4-8H,1H2,2-3H3. The molecular weight excluding hydrogens is 292 g/mol. The van der Waals surface area contributed by atoms with Crippen molar-refractivity contribution in [2.75, 3.05) is 0 Å². The zero-order valence-electron chi connectivity index (χ0n) is 11.6. The first-order chi connectivity index (χ1) is 9.92. The first-order valence-corrected chi connectivity index (χ1v) is 6.55. The van der Waals surface area contributed by atoms with Gasteiger partial charge in [-0.3, -0.25) is 4.79 Å². The molecule has 0 aliphatic carbocycles. The minimum atomic E-state index is -0.561. The third-order valence-corrected chi connectivity index (χ3v) is 3.06. The van der Waals surface area contributed by atoms with Crippen LogP contribution in [0, 0.1) is 6.92 Å². The van der Waals surface area contributed by atoms with Crippen molar-refractivity contribution in [3.63, 3.8) is 0 Å². The molecule has 0 bridgehead atoms. The van der Waals surface area contributed by atoms with E-state index in [9.17, 15) is 9.59 Å². The van der Waals surface area contributed by atoms with Gasteiger partial charge in [0.15, 0.2) is 0 Å². The molecule has 0 spiro atoms. The Morgan fingerprint density at radius 2 is 1.90 bits per heavy atom. The quantitative estimate of drug-likeness (QED) is 0.491. The molecule has 5 heteroatoms. The van der Waals surface area contributed by atoms with Crippen LogP contribution in [0.4, 0.5) is 0 Å². The summed E-state index contributed by atoms with van der Waals surface area (Å²) in [5, 5.41) is 1.71. The first-order valence-electron chi connectivity index (χ1n) is 6.18. The molecule has 4 nitrogen and oxygen atoms in total. The van der Waals surface area contributed by atoms with Gasteiger partial charge in [-0.2, -0.15) is 0 Å². The molecule has 2 rings (SSSR count). The second-order valence-electron chi connectivity index (χ2n) is 4.43. The highest BCUT2D eigenvalue weighted by atomic mass is 35.5. The molecule has 0 radical (unpaired) electrons. The molecule has 0 saturated carbocycles. The van der Waals surface area contributed by atoms with Crippen molar-refractivity contribution < 1.29 is 19.1 Å². The minimum Gasteiger partial charge on any atom is -0.426 e. The van der Waals surface area contributed by atoms with Crippen molar-refractivity contribution in [2.24, 2.45) is 0 Å². The van der Waals surface area contributed by atoms with Crippen LogP contribution in [-0.4, -0.2) is 11.9 Å². The van der Waals surface area contributed by atoms with E-state index in [1.54, 1.807) is 31.2 Å². The summed E-state index contributed by atoms with van der Waals surface area (Å²) in [5.74, 6) is -0.237. The van der Waals surface area contributed by atoms with Gasteiger partial charge in [0.1, 0.15) is 11.5 Å². The summed E-state index contributed by atoms with van der Waals surface area (Å²) >= 11 is 5.99. The lowest BCUT2D eigenvalue weighted by Crippen LogP contribution is -2.07. The highest BCUT2D eigenvalue weighted by molar-refractivity contribution is 6.31. The van der Waals surface area contributed by atoms with Crippen LogP contribution >= 0.6 is 11.6 Å². The second-order valence-corrected chi connectivity index (χ2v) is 4.87. The summed E-state index contributed by atoms with van der Waals surface area (Å²) in [7, 11) is 0. The van der Waals surface area contributed by atoms with E-state index in [2.05, 4.69) is 6.58 Å². The summed E-state index contributed by atoms with van der Waals surface area (Å²) in [4.78, 5) is 22.7. The van der Waals surface area contributed by atoms with E-state index < -0.39 is 11.9 Å². The molecule has 0 amide bonds. The van der Waals surface area contributed by atoms with E-state index in [1.165, 1.54) is 6.92 Å². The zero-order valence-corrected chi connectivity index (χ0v) is 12.4. The number of rotatable bonds is 3. The van der Waals surface area contributed by atoms with Gasteiger partial charge in [0.05, 0.1) is 0 Å². The largest absolute Gasteiger partial charge is 0.426 e. The third-order valence-electron chi connectivity index (χ3n) is 2.82. The number of aryl methyl sites for hydroxylation is 1. The zero-order chi connectivity index (χ0) is 15.6. The molecule has 0 saturated heterocycles. The maximum atomic E-state index is 11.5. The maximum Gasteiger partial charge on any atom is 0.335 e. The second kappa shape index (κ2) is 5.97. The Bertz CT molecular complexity index is 750. The number of carbonyl (C=O) groups excluding carboxylic acids is 2. The lowest BCUT2D eigenvalue weighted by atomic mass is 10.0. The van der Waals surface area contributed by atoms with Gasteiger partial charge in [0.25, 0.3) is 0 Å². The Balaban J connectivity index is 2.71. The number of halogens is 1. The van der Waals surface area contributed by atoms with Crippen LogP contribution in [0.15, 0.2) is 36.9 Å². The average molecular weight is 305 g/mol. The van der Waals surface area contributed by atoms with Crippen LogP contribution in [0.25, 0.3) is 10.8 Å². The Hall–Kier alpha value is -2.33. The van der Waals surface area contributed by atoms with Crippen molar-refractivity contribution in [1.82, 2.24) is 0 Å². The highest BCUT2D eigenvalue weighted by Crippen LogP contribution is 2.38. The predicted octanol–water partition coefficient (Wildman–Crippen LogP) is 3.82. The van der Waals surface area contributed by atoms with Crippen LogP contribution in [0.1, 0.15) is 12.5 Å². The summed E-state index contributed by atoms with van der Waals surface area (Å²) in [6, 6.07) is 6.67. The Morgan fingerprint density at radius 3 is 2.52 bits per heavy atom. The fourth-order valence-electron chi connectivity index (χ4n) is 1.99. The molecule has 0 aromatic heterocycles. The van der Waals surface area contributed by atoms with Gasteiger partial charge in [-0.25, -0.2) is 4.79 Å². The van der Waals surface area contributed by atoms with Gasteiger partial charge in [-0.15, -0.1) is 0 Å². The summed E-state index contributed by atoms with van der Waals surface area (Å²) < 4.78 is 10.5. The van der Waals surface area contributed by atoms with E-state index in [1.807, 2.05) is 0 Å². The minimum absolute atomic E-state index is 0.371. The molecule has 0 aliphatic heterocycles. The van der Waals surface area contributed by atoms with Gasteiger partial charge < -0.3 is 9.47 Å². The van der Waals surface area contributed by atoms with E-state index >= 15 is 0 Å². The van der Waals surface area contributed by atoms with Gasteiger partial charge in [-0.1, -0.05) is 18.2 Å². The average Bonchev–Trinajstić information content (AvgIpc) is 2.42. The molecule has 0 heterocycles. The summed E-state index contributed by atoms with van der Waals surface area (Å²) in [6.07, 6.45) is 1.08. The topological polar surface area (TPSA) is 52.6 Å². The van der Waals surface area contributed by atoms with E-state index in [4.69, 9.17) is 21.1 Å². The number of ether oxygens (including phenoxy) is 2. The summed E-state index contributed by atoms with van der Waals surface area (Å²) in [5.41, 5.74) is 0.663. The van der Waals surface area contributed by atoms with Crippen LogP contribution in [0.2, 0.25) is 5.02 Å². The molecular formula is C16H13ClO4. The molecule has 0 fully saturated rings. The maximum absolute atomic E-state index is 11.5. The molecule has 21 heavy (non-hydrogen) atoms. The van der Waals surface area contributed by atoms with Crippen LogP contribution in [0.3, 0.4) is 0 Å². The SMILES string of the molecule is C=CC(=O)Oc1c(C)cc(OC(C)=O)c2cc(Cl)ccc12.